The van der Waals surface area contributed by atoms with E-state index < -0.39 is 0 Å². The minimum atomic E-state index is 0.181. The lowest BCUT2D eigenvalue weighted by molar-refractivity contribution is -0.129. The van der Waals surface area contributed by atoms with E-state index in [4.69, 9.17) is 14.7 Å². The van der Waals surface area contributed by atoms with Crippen molar-refractivity contribution in [2.75, 3.05) is 26.0 Å². The molecule has 6 heteroatoms. The Morgan fingerprint density at radius 1 is 1.07 bits per heavy atom. The molecule has 1 fully saturated rings. The Labute approximate surface area is 169 Å². The molecule has 5 nitrogen and oxygen atoms in total. The molecule has 1 aliphatic heterocycles. The van der Waals surface area contributed by atoms with Gasteiger partial charge < -0.3 is 9.64 Å². The normalized spacial score (nSPS) is 14.2. The summed E-state index contributed by atoms with van der Waals surface area (Å²) < 4.78 is 5.37. The molecule has 0 saturated carbocycles. The van der Waals surface area contributed by atoms with Gasteiger partial charge in [-0.2, -0.15) is 0 Å². The maximum atomic E-state index is 12.6. The van der Waals surface area contributed by atoms with E-state index in [1.54, 1.807) is 7.11 Å². The second-order valence-corrected chi connectivity index (χ2v) is 7.80. The van der Waals surface area contributed by atoms with Crippen LogP contribution in [0.15, 0.2) is 53.6 Å². The lowest BCUT2D eigenvalue weighted by atomic mass is 10.1. The van der Waals surface area contributed by atoms with Crippen molar-refractivity contribution in [3.05, 3.63) is 48.5 Å². The van der Waals surface area contributed by atoms with E-state index in [0.29, 0.717) is 11.6 Å². The molecule has 2 aromatic carbocycles. The van der Waals surface area contributed by atoms with Gasteiger partial charge in [-0.25, -0.2) is 9.97 Å². The van der Waals surface area contributed by atoms with Crippen LogP contribution in [0.5, 0.6) is 5.75 Å². The predicted octanol–water partition coefficient (Wildman–Crippen LogP) is 4.41. The number of carbonyl (C=O) groups excluding carboxylic acids is 1. The number of piperidine rings is 1. The standard InChI is InChI=1S/C22H23N3O2S/c1-27-17-10-11-19-18(14-17)22(24-21(23-19)16-8-4-2-5-9-16)28-15-20(26)25-12-6-3-7-13-25/h2,4-5,8-11,14H,3,6-7,12-13,15H2,1H3. The quantitative estimate of drug-likeness (QED) is 0.475. The van der Waals surface area contributed by atoms with Crippen molar-refractivity contribution in [3.63, 3.8) is 0 Å². The summed E-state index contributed by atoms with van der Waals surface area (Å²) in [5.41, 5.74) is 1.81. The first-order valence-corrected chi connectivity index (χ1v) is 10.5. The first-order chi connectivity index (χ1) is 13.7. The summed E-state index contributed by atoms with van der Waals surface area (Å²) in [6.45, 7) is 1.74. The smallest absolute Gasteiger partial charge is 0.232 e. The lowest BCUT2D eigenvalue weighted by Crippen LogP contribution is -2.36. The number of rotatable bonds is 5. The Morgan fingerprint density at radius 2 is 1.86 bits per heavy atom. The topological polar surface area (TPSA) is 55.3 Å². The number of carbonyl (C=O) groups is 1. The third-order valence-electron chi connectivity index (χ3n) is 4.94. The zero-order valence-electron chi connectivity index (χ0n) is 15.9. The van der Waals surface area contributed by atoms with Gasteiger partial charge in [-0.1, -0.05) is 42.1 Å². The summed E-state index contributed by atoms with van der Waals surface area (Å²) in [7, 11) is 1.65. The molecule has 144 valence electrons. The van der Waals surface area contributed by atoms with E-state index in [2.05, 4.69) is 0 Å². The van der Waals surface area contributed by atoms with Crippen LogP contribution in [0.25, 0.3) is 22.3 Å². The number of thioether (sulfide) groups is 1. The molecule has 0 atom stereocenters. The summed E-state index contributed by atoms with van der Waals surface area (Å²) in [4.78, 5) is 24.1. The van der Waals surface area contributed by atoms with Crippen molar-refractivity contribution >= 4 is 28.6 Å². The van der Waals surface area contributed by atoms with Crippen molar-refractivity contribution in [1.29, 1.82) is 0 Å². The number of ether oxygens (including phenoxy) is 1. The second-order valence-electron chi connectivity index (χ2n) is 6.83. The summed E-state index contributed by atoms with van der Waals surface area (Å²) in [5.74, 6) is 2.00. The predicted molar refractivity (Wildman–Crippen MR) is 113 cm³/mol. The fourth-order valence-electron chi connectivity index (χ4n) is 3.40. The summed E-state index contributed by atoms with van der Waals surface area (Å²) >= 11 is 1.48. The molecule has 0 unspecified atom stereocenters. The Kier molecular flexibility index (Phi) is 5.76. The third-order valence-corrected chi connectivity index (χ3v) is 5.92. The second kappa shape index (κ2) is 8.61. The third kappa shape index (κ3) is 4.12. The van der Waals surface area contributed by atoms with Crippen LogP contribution in [0, 0.1) is 0 Å². The average Bonchev–Trinajstić information content (AvgIpc) is 2.77. The van der Waals surface area contributed by atoms with Crippen LogP contribution in [-0.2, 0) is 4.79 Å². The average molecular weight is 394 g/mol. The highest BCUT2D eigenvalue weighted by Crippen LogP contribution is 2.31. The number of fused-ring (bicyclic) bond motifs is 1. The minimum Gasteiger partial charge on any atom is -0.497 e. The van der Waals surface area contributed by atoms with Gasteiger partial charge in [0.15, 0.2) is 5.82 Å². The molecule has 0 spiro atoms. The van der Waals surface area contributed by atoms with Crippen LogP contribution in [0.1, 0.15) is 19.3 Å². The number of methoxy groups -OCH3 is 1. The van der Waals surface area contributed by atoms with Gasteiger partial charge in [0.25, 0.3) is 0 Å². The van der Waals surface area contributed by atoms with E-state index in [9.17, 15) is 4.79 Å². The Hall–Kier alpha value is -2.60. The van der Waals surface area contributed by atoms with E-state index in [-0.39, 0.29) is 5.91 Å². The van der Waals surface area contributed by atoms with Gasteiger partial charge >= 0.3 is 0 Å². The molecule has 1 saturated heterocycles. The van der Waals surface area contributed by atoms with Crippen LogP contribution >= 0.6 is 11.8 Å². The number of hydrogen-bond acceptors (Lipinski definition) is 5. The fraction of sp³-hybridized carbons (Fsp3) is 0.318. The fourth-order valence-corrected chi connectivity index (χ4v) is 4.31. The maximum Gasteiger partial charge on any atom is 0.232 e. The van der Waals surface area contributed by atoms with Crippen molar-refractivity contribution in [2.24, 2.45) is 0 Å². The number of nitrogens with zero attached hydrogens (tertiary/aromatic N) is 3. The lowest BCUT2D eigenvalue weighted by Gasteiger charge is -2.26. The molecule has 28 heavy (non-hydrogen) atoms. The molecule has 1 aromatic heterocycles. The van der Waals surface area contributed by atoms with Crippen LogP contribution in [0.3, 0.4) is 0 Å². The van der Waals surface area contributed by atoms with Crippen LogP contribution in [-0.4, -0.2) is 46.7 Å². The van der Waals surface area contributed by atoms with Gasteiger partial charge in [-0.3, -0.25) is 4.79 Å². The number of hydrogen-bond donors (Lipinski definition) is 0. The molecule has 4 rings (SSSR count). The summed E-state index contributed by atoms with van der Waals surface area (Å²) in [5, 5.41) is 1.73. The SMILES string of the molecule is COc1ccc2nc(-c3ccccc3)nc(SCC(=O)N3CCCCC3)c2c1. The monoisotopic (exact) mass is 393 g/mol. The van der Waals surface area contributed by atoms with Crippen molar-refractivity contribution in [2.45, 2.75) is 24.3 Å². The first-order valence-electron chi connectivity index (χ1n) is 9.56. The van der Waals surface area contributed by atoms with E-state index in [1.807, 2.05) is 53.4 Å². The number of amides is 1. The molecule has 1 aliphatic rings. The highest BCUT2D eigenvalue weighted by atomic mass is 32.2. The molecule has 0 radical (unpaired) electrons. The molecule has 0 bridgehead atoms. The zero-order chi connectivity index (χ0) is 19.3. The van der Waals surface area contributed by atoms with Gasteiger partial charge in [0.1, 0.15) is 10.8 Å². The minimum absolute atomic E-state index is 0.181. The largest absolute Gasteiger partial charge is 0.497 e. The van der Waals surface area contributed by atoms with Crippen molar-refractivity contribution < 1.29 is 9.53 Å². The van der Waals surface area contributed by atoms with Crippen LogP contribution in [0.2, 0.25) is 0 Å². The Morgan fingerprint density at radius 3 is 2.61 bits per heavy atom. The van der Waals surface area contributed by atoms with Gasteiger partial charge in [0.2, 0.25) is 5.91 Å². The summed E-state index contributed by atoms with van der Waals surface area (Å²) in [6, 6.07) is 15.7. The molecular weight excluding hydrogens is 370 g/mol. The summed E-state index contributed by atoms with van der Waals surface area (Å²) in [6.07, 6.45) is 3.41. The molecule has 2 heterocycles. The van der Waals surface area contributed by atoms with Gasteiger partial charge in [-0.15, -0.1) is 0 Å². The highest BCUT2D eigenvalue weighted by Gasteiger charge is 2.18. The highest BCUT2D eigenvalue weighted by molar-refractivity contribution is 8.00. The first kappa shape index (κ1) is 18.7. The van der Waals surface area contributed by atoms with Gasteiger partial charge in [-0.05, 0) is 37.5 Å². The Bertz CT molecular complexity index is 972. The Balaban J connectivity index is 1.66. The molecule has 3 aromatic rings. The maximum absolute atomic E-state index is 12.6. The van der Waals surface area contributed by atoms with Crippen LogP contribution < -0.4 is 4.74 Å². The number of likely N-dealkylation sites (tertiary alicyclic amines) is 1. The zero-order valence-corrected chi connectivity index (χ0v) is 16.7. The van der Waals surface area contributed by atoms with Crippen LogP contribution in [0.4, 0.5) is 0 Å². The van der Waals surface area contributed by atoms with Gasteiger partial charge in [0, 0.05) is 24.0 Å². The number of aromatic nitrogens is 2. The van der Waals surface area contributed by atoms with Gasteiger partial charge in [0.05, 0.1) is 18.4 Å². The number of benzene rings is 2. The van der Waals surface area contributed by atoms with Crippen molar-refractivity contribution in [1.82, 2.24) is 14.9 Å². The molecule has 1 amide bonds. The van der Waals surface area contributed by atoms with Crippen molar-refractivity contribution in [3.8, 4) is 17.1 Å². The molecule has 0 aliphatic carbocycles. The van der Waals surface area contributed by atoms with E-state index in [1.165, 1.54) is 18.2 Å². The molecular formula is C22H23N3O2S. The van der Waals surface area contributed by atoms with E-state index >= 15 is 0 Å². The van der Waals surface area contributed by atoms with E-state index in [0.717, 1.165) is 53.2 Å². The molecule has 0 N–H and O–H groups in total.